The zero-order chi connectivity index (χ0) is 16.5. The van der Waals surface area contributed by atoms with Gasteiger partial charge in [-0.05, 0) is 12.1 Å². The van der Waals surface area contributed by atoms with Crippen molar-refractivity contribution >= 4 is 17.3 Å². The summed E-state index contributed by atoms with van der Waals surface area (Å²) in [6.45, 7) is 3.77. The number of nitrogens with one attached hydrogen (secondary N) is 1. The first-order chi connectivity index (χ1) is 11.2. The van der Waals surface area contributed by atoms with Crippen LogP contribution in [0.2, 0.25) is 0 Å². The fourth-order valence-electron chi connectivity index (χ4n) is 1.69. The second kappa shape index (κ2) is 10.2. The number of carbonyl (C=O) groups is 1. The smallest absolute Gasteiger partial charge is 0.397 e. The summed E-state index contributed by atoms with van der Waals surface area (Å²) in [7, 11) is 0. The summed E-state index contributed by atoms with van der Waals surface area (Å²) in [6.07, 6.45) is 5.66. The minimum atomic E-state index is -0.178. The number of nitrogen functional groups attached to an aromatic ring is 1. The van der Waals surface area contributed by atoms with Crippen LogP contribution in [0.15, 0.2) is 67.0 Å². The second-order valence-electron chi connectivity index (χ2n) is 4.59. The summed E-state index contributed by atoms with van der Waals surface area (Å²) in [5, 5.41) is 2.76. The molecule has 1 aromatic heterocycles. The van der Waals surface area contributed by atoms with Crippen molar-refractivity contribution in [1.82, 2.24) is 9.97 Å². The van der Waals surface area contributed by atoms with Gasteiger partial charge in [0.05, 0.1) is 11.4 Å². The zero-order valence-corrected chi connectivity index (χ0v) is 15.8. The van der Waals surface area contributed by atoms with Crippen molar-refractivity contribution in [3.63, 3.8) is 0 Å². The fourth-order valence-corrected chi connectivity index (χ4v) is 1.69. The van der Waals surface area contributed by atoms with Crippen LogP contribution >= 0.6 is 0 Å². The van der Waals surface area contributed by atoms with Crippen molar-refractivity contribution in [2.45, 2.75) is 0 Å². The first-order valence-electron chi connectivity index (χ1n) is 6.88. The number of hydrogen-bond acceptors (Lipinski definition) is 4. The van der Waals surface area contributed by atoms with Gasteiger partial charge in [-0.15, -0.1) is 18.2 Å². The number of aromatic nitrogens is 2. The Morgan fingerprint density at radius 3 is 2.12 bits per heavy atom. The maximum atomic E-state index is 11.9. The largest absolute Gasteiger partial charge is 2.00 e. The van der Waals surface area contributed by atoms with Gasteiger partial charge in [0.1, 0.15) is 0 Å². The van der Waals surface area contributed by atoms with Crippen LogP contribution in [0, 0.1) is 13.3 Å². The van der Waals surface area contributed by atoms with Crippen molar-refractivity contribution in [2.24, 2.45) is 0 Å². The van der Waals surface area contributed by atoms with Gasteiger partial charge in [0.15, 0.2) is 0 Å². The predicted molar refractivity (Wildman–Crippen MR) is 90.6 cm³/mol. The number of nitrogens with zero attached hydrogens (tertiary/aromatic N) is 2. The minimum absolute atomic E-state index is 0. The number of nitrogens with two attached hydrogens (primary N) is 1. The molecular weight excluding hydrogens is 472 g/mol. The summed E-state index contributed by atoms with van der Waals surface area (Å²) >= 11 is 0. The quantitative estimate of drug-likeness (QED) is 0.430. The maximum absolute atomic E-state index is 11.9. The zero-order valence-electron chi connectivity index (χ0n) is 12.8. The molecule has 24 heavy (non-hydrogen) atoms. The summed E-state index contributed by atoms with van der Waals surface area (Å²) in [5.41, 5.74) is 8.38. The summed E-state index contributed by atoms with van der Waals surface area (Å²) in [5.74, 6) is -0.178. The molecule has 0 saturated heterocycles. The van der Waals surface area contributed by atoms with Crippen molar-refractivity contribution in [3.8, 4) is 0 Å². The third kappa shape index (κ3) is 6.22. The summed E-state index contributed by atoms with van der Waals surface area (Å²) in [4.78, 5) is 19.0. The van der Waals surface area contributed by atoms with Crippen LogP contribution in [0.5, 0.6) is 0 Å². The molecule has 3 aromatic rings. The van der Waals surface area contributed by atoms with Gasteiger partial charge in [-0.25, -0.2) is 0 Å². The molecule has 0 bridgehead atoms. The van der Waals surface area contributed by atoms with E-state index in [4.69, 9.17) is 5.73 Å². The Kier molecular flexibility index (Phi) is 8.23. The first kappa shape index (κ1) is 19.4. The van der Waals surface area contributed by atoms with Gasteiger partial charge >= 0.3 is 21.1 Å². The molecule has 0 saturated carbocycles. The van der Waals surface area contributed by atoms with E-state index in [-0.39, 0.29) is 27.0 Å². The molecule has 0 atom stereocenters. The molecule has 0 aliphatic rings. The minimum Gasteiger partial charge on any atom is -0.397 e. The predicted octanol–water partition coefficient (Wildman–Crippen LogP) is 2.98. The van der Waals surface area contributed by atoms with Crippen molar-refractivity contribution in [3.05, 3.63) is 91.4 Å². The van der Waals surface area contributed by atoms with E-state index in [1.54, 1.807) is 54.9 Å². The number of hydrogen-bond donors (Lipinski definition) is 2. The second-order valence-corrected chi connectivity index (χ2v) is 4.59. The Balaban J connectivity index is 0.000000349. The van der Waals surface area contributed by atoms with Crippen molar-refractivity contribution in [1.29, 1.82) is 0 Å². The van der Waals surface area contributed by atoms with Gasteiger partial charge in [0, 0.05) is 11.9 Å². The Morgan fingerprint density at radius 1 is 1.00 bits per heavy atom. The van der Waals surface area contributed by atoms with Crippen LogP contribution in [0.1, 0.15) is 15.9 Å². The molecule has 1 heterocycles. The van der Waals surface area contributed by atoms with Gasteiger partial charge < -0.3 is 21.0 Å². The van der Waals surface area contributed by atoms with E-state index in [1.807, 2.05) is 12.1 Å². The van der Waals surface area contributed by atoms with Crippen LogP contribution in [0.3, 0.4) is 0 Å². The van der Waals surface area contributed by atoms with Gasteiger partial charge in [-0.3, -0.25) is 4.79 Å². The van der Waals surface area contributed by atoms with Crippen LogP contribution in [-0.4, -0.2) is 15.9 Å². The van der Waals surface area contributed by atoms with E-state index in [1.165, 1.54) is 0 Å². The average Bonchev–Trinajstić information content (AvgIpc) is 2.59. The van der Waals surface area contributed by atoms with E-state index in [0.717, 1.165) is 5.56 Å². The molecule has 0 radical (unpaired) electrons. The van der Waals surface area contributed by atoms with E-state index in [0.29, 0.717) is 16.9 Å². The molecule has 5 nitrogen and oxygen atoms in total. The van der Waals surface area contributed by atoms with Gasteiger partial charge in [0.2, 0.25) is 0 Å². The number of benzene rings is 2. The molecule has 0 aliphatic heterocycles. The molecule has 0 fully saturated rings. The Bertz CT molecular complexity index is 722. The van der Waals surface area contributed by atoms with Gasteiger partial charge in [-0.2, -0.15) is 24.6 Å². The van der Waals surface area contributed by atoms with Crippen molar-refractivity contribution in [2.75, 3.05) is 11.1 Å². The molecule has 3 N–H and O–H groups in total. The number of anilines is 2. The SMILES string of the molecule is [CH2-]c1ccc(C(=O)Nc2ccccc2N)cc1.[W+2].[c-]1ncccn1. The molecule has 1 amide bonds. The molecule has 3 rings (SSSR count). The number of rotatable bonds is 2. The third-order valence-electron chi connectivity index (χ3n) is 2.86. The van der Waals surface area contributed by atoms with Crippen LogP contribution in [0.25, 0.3) is 0 Å². The molecule has 120 valence electrons. The van der Waals surface area contributed by atoms with Gasteiger partial charge in [0.25, 0.3) is 5.91 Å². The molecule has 0 spiro atoms. The topological polar surface area (TPSA) is 80.9 Å². The number of amides is 1. The first-order valence-corrected chi connectivity index (χ1v) is 6.88. The molecule has 0 aliphatic carbocycles. The van der Waals surface area contributed by atoms with E-state index in [2.05, 4.69) is 28.5 Å². The Morgan fingerprint density at radius 2 is 1.62 bits per heavy atom. The molecular formula is C18H16N4OW. The standard InChI is InChI=1S/C14H13N2O.C4H3N2.W/c1-10-6-8-11(9-7-10)14(17)16-13-5-3-2-4-12(13)15;1-2-5-4-6-3-1;/h2-9H,1,15H2,(H,16,17);1-3H;/q2*-1;+2. The maximum Gasteiger partial charge on any atom is 2.00 e. The fraction of sp³-hybridized carbons (Fsp3) is 0. The Labute approximate surface area is 155 Å². The van der Waals surface area contributed by atoms with Crippen LogP contribution in [-0.2, 0) is 21.1 Å². The normalized spacial score (nSPS) is 9.00. The number of carbonyl (C=O) groups excluding carboxylic acids is 1. The molecule has 6 heteroatoms. The van der Waals surface area contributed by atoms with Crippen LogP contribution < -0.4 is 11.1 Å². The van der Waals surface area contributed by atoms with Crippen LogP contribution in [0.4, 0.5) is 11.4 Å². The summed E-state index contributed by atoms with van der Waals surface area (Å²) < 4.78 is 0. The Hall–Kier alpha value is -2.65. The van der Waals surface area contributed by atoms with E-state index in [9.17, 15) is 4.79 Å². The van der Waals surface area contributed by atoms with E-state index < -0.39 is 0 Å². The third-order valence-corrected chi connectivity index (χ3v) is 2.86. The summed E-state index contributed by atoms with van der Waals surface area (Å²) in [6, 6.07) is 16.0. The number of para-hydroxylation sites is 2. The molecule has 0 unspecified atom stereocenters. The average molecular weight is 488 g/mol. The van der Waals surface area contributed by atoms with E-state index >= 15 is 0 Å². The van der Waals surface area contributed by atoms with Crippen molar-refractivity contribution < 1.29 is 25.9 Å². The monoisotopic (exact) mass is 488 g/mol. The van der Waals surface area contributed by atoms with Gasteiger partial charge in [-0.1, -0.05) is 24.5 Å². The molecule has 2 aromatic carbocycles.